The van der Waals surface area contributed by atoms with E-state index >= 15 is 0 Å². The van der Waals surface area contributed by atoms with Crippen LogP contribution < -0.4 is 14.8 Å². The SMILES string of the molecule is COc1cc2c(cc1OC)C(c1ccccc1)N(C(=O)NCCN(C)C)CC2. The van der Waals surface area contributed by atoms with Gasteiger partial charge in [-0.05, 0) is 49.3 Å². The third kappa shape index (κ3) is 4.22. The van der Waals surface area contributed by atoms with Gasteiger partial charge >= 0.3 is 6.03 Å². The van der Waals surface area contributed by atoms with Crippen molar-refractivity contribution >= 4 is 6.03 Å². The first-order chi connectivity index (χ1) is 13.5. The zero-order chi connectivity index (χ0) is 20.1. The second-order valence-corrected chi connectivity index (χ2v) is 7.20. The highest BCUT2D eigenvalue weighted by Crippen LogP contribution is 2.40. The van der Waals surface area contributed by atoms with Crippen LogP contribution in [0.3, 0.4) is 0 Å². The van der Waals surface area contributed by atoms with Gasteiger partial charge in [0.05, 0.1) is 20.3 Å². The van der Waals surface area contributed by atoms with Gasteiger partial charge in [0.2, 0.25) is 0 Å². The maximum atomic E-state index is 13.0. The molecule has 1 aliphatic rings. The fourth-order valence-corrected chi connectivity index (χ4v) is 3.65. The normalized spacial score (nSPS) is 15.9. The minimum atomic E-state index is -0.163. The Labute approximate surface area is 167 Å². The molecule has 0 fully saturated rings. The van der Waals surface area contributed by atoms with Gasteiger partial charge < -0.3 is 24.6 Å². The third-order valence-corrected chi connectivity index (χ3v) is 5.09. The van der Waals surface area contributed by atoms with Gasteiger partial charge in [0.25, 0.3) is 0 Å². The highest BCUT2D eigenvalue weighted by molar-refractivity contribution is 5.76. The molecule has 0 radical (unpaired) electrons. The summed E-state index contributed by atoms with van der Waals surface area (Å²) in [5.74, 6) is 1.40. The quantitative estimate of drug-likeness (QED) is 0.833. The Morgan fingerprint density at radius 3 is 2.46 bits per heavy atom. The molecule has 1 aliphatic heterocycles. The van der Waals surface area contributed by atoms with Crippen molar-refractivity contribution < 1.29 is 14.3 Å². The van der Waals surface area contributed by atoms with E-state index in [1.807, 2.05) is 49.3 Å². The van der Waals surface area contributed by atoms with E-state index in [1.54, 1.807) is 14.2 Å². The van der Waals surface area contributed by atoms with Gasteiger partial charge in [-0.15, -0.1) is 0 Å². The van der Waals surface area contributed by atoms with E-state index in [9.17, 15) is 4.79 Å². The maximum Gasteiger partial charge on any atom is 0.318 e. The van der Waals surface area contributed by atoms with Gasteiger partial charge in [0.15, 0.2) is 11.5 Å². The number of carbonyl (C=O) groups is 1. The van der Waals surface area contributed by atoms with Crippen LogP contribution >= 0.6 is 0 Å². The third-order valence-electron chi connectivity index (χ3n) is 5.09. The molecule has 3 rings (SSSR count). The lowest BCUT2D eigenvalue weighted by Crippen LogP contribution is -2.47. The van der Waals surface area contributed by atoms with Crippen LogP contribution in [0.2, 0.25) is 0 Å². The molecule has 0 bridgehead atoms. The highest BCUT2D eigenvalue weighted by Gasteiger charge is 2.33. The van der Waals surface area contributed by atoms with E-state index in [1.165, 1.54) is 5.56 Å². The summed E-state index contributed by atoms with van der Waals surface area (Å²) < 4.78 is 11.0. The molecule has 1 unspecified atom stereocenters. The second kappa shape index (κ2) is 8.97. The number of carbonyl (C=O) groups excluding carboxylic acids is 1. The van der Waals surface area contributed by atoms with Crippen molar-refractivity contribution in [2.75, 3.05) is 47.9 Å². The topological polar surface area (TPSA) is 54.0 Å². The number of methoxy groups -OCH3 is 2. The lowest BCUT2D eigenvalue weighted by molar-refractivity contribution is 0.179. The molecule has 0 aromatic heterocycles. The highest BCUT2D eigenvalue weighted by atomic mass is 16.5. The number of likely N-dealkylation sites (N-methyl/N-ethyl adjacent to an activating group) is 1. The van der Waals surface area contributed by atoms with Crippen LogP contribution in [-0.2, 0) is 6.42 Å². The fraction of sp³-hybridized carbons (Fsp3) is 0.409. The molecule has 1 atom stereocenters. The largest absolute Gasteiger partial charge is 0.493 e. The molecule has 2 aromatic carbocycles. The summed E-state index contributed by atoms with van der Waals surface area (Å²) in [6.45, 7) is 2.07. The van der Waals surface area contributed by atoms with Crippen molar-refractivity contribution in [1.82, 2.24) is 15.1 Å². The van der Waals surface area contributed by atoms with E-state index in [0.717, 1.165) is 29.8 Å². The van der Waals surface area contributed by atoms with Crippen LogP contribution in [0.1, 0.15) is 22.7 Å². The number of hydrogen-bond acceptors (Lipinski definition) is 4. The first kappa shape index (κ1) is 20.0. The molecular weight excluding hydrogens is 354 g/mol. The minimum absolute atomic E-state index is 0.0452. The zero-order valence-corrected chi connectivity index (χ0v) is 17.1. The molecule has 0 aliphatic carbocycles. The molecule has 2 aromatic rings. The predicted octanol–water partition coefficient (Wildman–Crippen LogP) is 2.92. The van der Waals surface area contributed by atoms with Gasteiger partial charge in [-0.1, -0.05) is 30.3 Å². The van der Waals surface area contributed by atoms with Crippen LogP contribution in [0, 0.1) is 0 Å². The van der Waals surface area contributed by atoms with Crippen molar-refractivity contribution in [2.24, 2.45) is 0 Å². The summed E-state index contributed by atoms with van der Waals surface area (Å²) >= 11 is 0. The molecule has 1 N–H and O–H groups in total. The van der Waals surface area contributed by atoms with E-state index in [-0.39, 0.29) is 12.1 Å². The molecule has 2 amide bonds. The van der Waals surface area contributed by atoms with Gasteiger partial charge in [0.1, 0.15) is 0 Å². The fourth-order valence-electron chi connectivity index (χ4n) is 3.65. The summed E-state index contributed by atoms with van der Waals surface area (Å²) in [6.07, 6.45) is 0.778. The molecule has 6 heteroatoms. The van der Waals surface area contributed by atoms with Crippen LogP contribution in [0.25, 0.3) is 0 Å². The lowest BCUT2D eigenvalue weighted by Gasteiger charge is -2.38. The van der Waals surface area contributed by atoms with E-state index in [4.69, 9.17) is 9.47 Å². The Kier molecular flexibility index (Phi) is 6.41. The number of rotatable bonds is 6. The van der Waals surface area contributed by atoms with E-state index < -0.39 is 0 Å². The van der Waals surface area contributed by atoms with Crippen LogP contribution in [-0.4, -0.2) is 63.8 Å². The van der Waals surface area contributed by atoms with Gasteiger partial charge in [-0.3, -0.25) is 0 Å². The van der Waals surface area contributed by atoms with Crippen molar-refractivity contribution in [3.05, 3.63) is 59.2 Å². The molecule has 0 saturated carbocycles. The standard InChI is InChI=1S/C22H29N3O3/c1-24(2)13-11-23-22(26)25-12-10-17-14-19(27-3)20(28-4)15-18(17)21(25)16-8-6-5-7-9-16/h5-9,14-15,21H,10-13H2,1-4H3,(H,23,26). The average Bonchev–Trinajstić information content (AvgIpc) is 2.72. The molecule has 6 nitrogen and oxygen atoms in total. The van der Waals surface area contributed by atoms with Crippen LogP contribution in [0.5, 0.6) is 11.5 Å². The van der Waals surface area contributed by atoms with Crippen molar-refractivity contribution in [2.45, 2.75) is 12.5 Å². The Balaban J connectivity index is 1.98. The first-order valence-electron chi connectivity index (χ1n) is 9.54. The Hall–Kier alpha value is -2.73. The summed E-state index contributed by atoms with van der Waals surface area (Å²) in [6, 6.07) is 14.0. The monoisotopic (exact) mass is 383 g/mol. The van der Waals surface area contributed by atoms with Crippen LogP contribution in [0.15, 0.2) is 42.5 Å². The number of benzene rings is 2. The van der Waals surface area contributed by atoms with Crippen molar-refractivity contribution in [3.63, 3.8) is 0 Å². The van der Waals surface area contributed by atoms with Crippen molar-refractivity contribution in [1.29, 1.82) is 0 Å². The van der Waals surface area contributed by atoms with Gasteiger partial charge in [0, 0.05) is 19.6 Å². The summed E-state index contributed by atoms with van der Waals surface area (Å²) in [7, 11) is 7.27. The second-order valence-electron chi connectivity index (χ2n) is 7.20. The average molecular weight is 383 g/mol. The predicted molar refractivity (Wildman–Crippen MR) is 110 cm³/mol. The summed E-state index contributed by atoms with van der Waals surface area (Å²) in [5, 5.41) is 3.05. The minimum Gasteiger partial charge on any atom is -0.493 e. The molecule has 0 saturated heterocycles. The molecular formula is C22H29N3O3. The number of urea groups is 1. The number of nitrogens with one attached hydrogen (secondary N) is 1. The molecule has 150 valence electrons. The number of fused-ring (bicyclic) bond motifs is 1. The summed E-state index contributed by atoms with van der Waals surface area (Å²) in [5.41, 5.74) is 3.35. The van der Waals surface area contributed by atoms with Crippen molar-refractivity contribution in [3.8, 4) is 11.5 Å². The molecule has 1 heterocycles. The van der Waals surface area contributed by atoms with E-state index in [0.29, 0.717) is 18.8 Å². The van der Waals surface area contributed by atoms with Crippen LogP contribution in [0.4, 0.5) is 4.79 Å². The Morgan fingerprint density at radius 2 is 1.82 bits per heavy atom. The van der Waals surface area contributed by atoms with Gasteiger partial charge in [-0.2, -0.15) is 0 Å². The van der Waals surface area contributed by atoms with E-state index in [2.05, 4.69) is 22.3 Å². The van der Waals surface area contributed by atoms with Gasteiger partial charge in [-0.25, -0.2) is 4.79 Å². The zero-order valence-electron chi connectivity index (χ0n) is 17.1. The number of ether oxygens (including phenoxy) is 2. The molecule has 28 heavy (non-hydrogen) atoms. The Bertz CT molecular complexity index is 808. The smallest absolute Gasteiger partial charge is 0.318 e. The molecule has 0 spiro atoms. The number of hydrogen-bond donors (Lipinski definition) is 1. The number of nitrogens with zero attached hydrogens (tertiary/aromatic N) is 2. The summed E-state index contributed by atoms with van der Waals surface area (Å²) in [4.78, 5) is 17.0. The Morgan fingerprint density at radius 1 is 1.14 bits per heavy atom. The lowest BCUT2D eigenvalue weighted by atomic mass is 9.88. The first-order valence-corrected chi connectivity index (χ1v) is 9.54. The number of amides is 2. The maximum absolute atomic E-state index is 13.0.